The summed E-state index contributed by atoms with van der Waals surface area (Å²) in [7, 11) is 0. The molecule has 1 saturated carbocycles. The summed E-state index contributed by atoms with van der Waals surface area (Å²) < 4.78 is 0. The second-order valence-electron chi connectivity index (χ2n) is 7.29. The third kappa shape index (κ3) is 7.82. The molecule has 0 saturated heterocycles. The third-order valence-corrected chi connectivity index (χ3v) is 5.82. The molecule has 25 heavy (non-hydrogen) atoms. The molecule has 0 heterocycles. The van der Waals surface area contributed by atoms with Crippen LogP contribution in [0.25, 0.3) is 0 Å². The number of hydrogen-bond donors (Lipinski definition) is 2. The van der Waals surface area contributed by atoms with Crippen molar-refractivity contribution >= 4 is 11.8 Å². The van der Waals surface area contributed by atoms with Crippen molar-refractivity contribution in [3.05, 3.63) is 14.9 Å². The molecule has 4 unspecified atom stereocenters. The topological polar surface area (TPSA) is 58.2 Å². The zero-order chi connectivity index (χ0) is 16.9. The van der Waals surface area contributed by atoms with Gasteiger partial charge in [0.15, 0.2) is 0 Å². The van der Waals surface area contributed by atoms with Crippen molar-refractivity contribution in [3.63, 3.8) is 0 Å². The Labute approximate surface area is 171 Å². The van der Waals surface area contributed by atoms with Gasteiger partial charge in [-0.2, -0.15) is 0 Å². The molecular formula is C20H40N2O2Ti. The molecule has 1 fully saturated rings. The predicted octanol–water partition coefficient (Wildman–Crippen LogP) is 4.16. The van der Waals surface area contributed by atoms with Crippen LogP contribution in [0.5, 0.6) is 0 Å². The Morgan fingerprint density at radius 2 is 1.24 bits per heavy atom. The molecule has 0 radical (unpaired) electrons. The number of amides is 2. The van der Waals surface area contributed by atoms with Crippen molar-refractivity contribution in [2.24, 2.45) is 17.3 Å². The van der Waals surface area contributed by atoms with E-state index in [0.717, 1.165) is 32.1 Å². The standard InChI is InChI=1S/C18H34N2O2.2CH3.Ti/c1-7-12(3)18(13(4)8-2)10-16(19-14(5)21)9-17(11-18)20-15(6)22;;;/h12-13,16-17H,7-11H2,1-6H3,(H,19,21)(H,20,22);2*1H3;/q;2*-1;+2. The average molecular weight is 388 g/mol. The molecule has 146 valence electrons. The Bertz CT molecular complexity index is 365. The van der Waals surface area contributed by atoms with Crippen LogP contribution >= 0.6 is 0 Å². The molecule has 0 aliphatic heterocycles. The first-order chi connectivity index (χ1) is 10.2. The summed E-state index contributed by atoms with van der Waals surface area (Å²) >= 11 is 0. The summed E-state index contributed by atoms with van der Waals surface area (Å²) in [5, 5.41) is 6.21. The predicted molar refractivity (Wildman–Crippen MR) is 103 cm³/mol. The first-order valence-electron chi connectivity index (χ1n) is 8.79. The molecule has 4 nitrogen and oxygen atoms in total. The van der Waals surface area contributed by atoms with E-state index >= 15 is 0 Å². The first-order valence-corrected chi connectivity index (χ1v) is 8.79. The van der Waals surface area contributed by atoms with Crippen molar-refractivity contribution in [2.45, 2.75) is 85.7 Å². The Morgan fingerprint density at radius 3 is 1.48 bits per heavy atom. The van der Waals surface area contributed by atoms with Crippen molar-refractivity contribution in [2.75, 3.05) is 0 Å². The van der Waals surface area contributed by atoms with E-state index in [2.05, 4.69) is 38.3 Å². The molecule has 0 aromatic carbocycles. The number of carbonyl (C=O) groups is 2. The van der Waals surface area contributed by atoms with Crippen LogP contribution in [0.15, 0.2) is 0 Å². The fraction of sp³-hybridized carbons (Fsp3) is 0.800. The van der Waals surface area contributed by atoms with Crippen LogP contribution in [0.1, 0.15) is 73.6 Å². The zero-order valence-corrected chi connectivity index (χ0v) is 19.2. The maximum Gasteiger partial charge on any atom is 2.00 e. The van der Waals surface area contributed by atoms with Gasteiger partial charge in [-0.3, -0.25) is 9.59 Å². The van der Waals surface area contributed by atoms with Crippen molar-refractivity contribution in [3.8, 4) is 0 Å². The number of rotatable bonds is 6. The van der Waals surface area contributed by atoms with Gasteiger partial charge in [-0.15, -0.1) is 0 Å². The van der Waals surface area contributed by atoms with Gasteiger partial charge in [0.25, 0.3) is 0 Å². The first kappa shape index (κ1) is 29.4. The normalized spacial score (nSPS) is 27.4. The fourth-order valence-electron chi connectivity index (χ4n) is 4.41. The van der Waals surface area contributed by atoms with E-state index in [4.69, 9.17) is 0 Å². The minimum Gasteiger partial charge on any atom is -0.358 e. The van der Waals surface area contributed by atoms with E-state index in [1.54, 1.807) is 13.8 Å². The minimum absolute atomic E-state index is 0. The van der Waals surface area contributed by atoms with E-state index in [0.29, 0.717) is 11.8 Å². The molecule has 0 bridgehead atoms. The van der Waals surface area contributed by atoms with E-state index in [9.17, 15) is 9.59 Å². The second kappa shape index (κ2) is 12.9. The average Bonchev–Trinajstić information content (AvgIpc) is 2.43. The molecule has 2 amide bonds. The van der Waals surface area contributed by atoms with Gasteiger partial charge in [-0.05, 0) is 36.5 Å². The van der Waals surface area contributed by atoms with Crippen molar-refractivity contribution < 1.29 is 31.3 Å². The van der Waals surface area contributed by atoms with Gasteiger partial charge in [-0.1, -0.05) is 40.5 Å². The summed E-state index contributed by atoms with van der Waals surface area (Å²) in [6.07, 6.45) is 5.14. The van der Waals surface area contributed by atoms with Crippen LogP contribution in [-0.4, -0.2) is 23.9 Å². The summed E-state index contributed by atoms with van der Waals surface area (Å²) in [4.78, 5) is 23.1. The summed E-state index contributed by atoms with van der Waals surface area (Å²) in [5.74, 6) is 1.21. The van der Waals surface area contributed by atoms with E-state index < -0.39 is 0 Å². The van der Waals surface area contributed by atoms with Crippen molar-refractivity contribution in [1.82, 2.24) is 10.6 Å². The largest absolute Gasteiger partial charge is 2.00 e. The van der Waals surface area contributed by atoms with Gasteiger partial charge in [0.05, 0.1) is 0 Å². The summed E-state index contributed by atoms with van der Waals surface area (Å²) in [6, 6.07) is 0.317. The SMILES string of the molecule is CCC(C)C1(C(C)CC)CC(NC(C)=O)CC(NC(C)=O)C1.[CH3-].[CH3-].[Ti+2]. The van der Waals surface area contributed by atoms with Crippen LogP contribution in [0.4, 0.5) is 0 Å². The molecule has 1 rings (SSSR count). The maximum atomic E-state index is 11.5. The third-order valence-electron chi connectivity index (χ3n) is 5.82. The van der Waals surface area contributed by atoms with Gasteiger partial charge < -0.3 is 25.5 Å². The van der Waals surface area contributed by atoms with E-state index in [1.165, 1.54) is 0 Å². The zero-order valence-electron chi connectivity index (χ0n) is 17.7. The molecule has 2 N–H and O–H groups in total. The van der Waals surface area contributed by atoms with Crippen LogP contribution in [0.3, 0.4) is 0 Å². The van der Waals surface area contributed by atoms with Gasteiger partial charge in [0.1, 0.15) is 0 Å². The smallest absolute Gasteiger partial charge is 0.358 e. The molecule has 0 aromatic rings. The Kier molecular flexibility index (Phi) is 15.2. The molecule has 0 spiro atoms. The number of nitrogens with one attached hydrogen (secondary N) is 2. The Hall–Kier alpha value is -0.346. The second-order valence-corrected chi connectivity index (χ2v) is 7.29. The van der Waals surface area contributed by atoms with Crippen LogP contribution in [0, 0.1) is 32.1 Å². The minimum atomic E-state index is 0. The quantitative estimate of drug-likeness (QED) is 0.530. The number of hydrogen-bond acceptors (Lipinski definition) is 2. The molecule has 4 atom stereocenters. The molecule has 1 aliphatic rings. The molecule has 0 aromatic heterocycles. The monoisotopic (exact) mass is 388 g/mol. The summed E-state index contributed by atoms with van der Waals surface area (Å²) in [6.45, 7) is 12.3. The fourth-order valence-corrected chi connectivity index (χ4v) is 4.41. The van der Waals surface area contributed by atoms with E-state index in [-0.39, 0.29) is 65.9 Å². The van der Waals surface area contributed by atoms with Crippen LogP contribution in [0.2, 0.25) is 0 Å². The van der Waals surface area contributed by atoms with Gasteiger partial charge in [0.2, 0.25) is 11.8 Å². The maximum absolute atomic E-state index is 11.5. The van der Waals surface area contributed by atoms with Gasteiger partial charge >= 0.3 is 21.7 Å². The van der Waals surface area contributed by atoms with Crippen LogP contribution < -0.4 is 10.6 Å². The molecular weight excluding hydrogens is 348 g/mol. The van der Waals surface area contributed by atoms with Crippen LogP contribution in [-0.2, 0) is 31.3 Å². The Morgan fingerprint density at radius 1 is 0.920 bits per heavy atom. The summed E-state index contributed by atoms with van der Waals surface area (Å²) in [5.41, 5.74) is 0.183. The van der Waals surface area contributed by atoms with Crippen molar-refractivity contribution in [1.29, 1.82) is 0 Å². The Balaban J connectivity index is -0.00000161. The van der Waals surface area contributed by atoms with Gasteiger partial charge in [-0.25, -0.2) is 0 Å². The van der Waals surface area contributed by atoms with E-state index in [1.807, 2.05) is 0 Å². The number of carbonyl (C=O) groups excluding carboxylic acids is 2. The molecule has 5 heteroatoms. The van der Waals surface area contributed by atoms with Gasteiger partial charge in [0, 0.05) is 25.9 Å². The molecule has 1 aliphatic carbocycles.